The molecule has 1 aromatic rings. The number of hydrogen-bond acceptors (Lipinski definition) is 3. The number of esters is 1. The molecular formula is C13H18BNO2. The van der Waals surface area contributed by atoms with Crippen LogP contribution < -0.4 is 10.8 Å². The number of hydrogen-bond donors (Lipinski definition) is 1. The van der Waals surface area contributed by atoms with Crippen LogP contribution >= 0.6 is 0 Å². The predicted molar refractivity (Wildman–Crippen MR) is 70.7 cm³/mol. The van der Waals surface area contributed by atoms with Crippen LogP contribution in [0.2, 0.25) is 0 Å². The van der Waals surface area contributed by atoms with E-state index in [0.717, 1.165) is 11.3 Å². The predicted octanol–water partition coefficient (Wildman–Crippen LogP) is 1.75. The van der Waals surface area contributed by atoms with Crippen LogP contribution in [-0.4, -0.2) is 19.4 Å². The molecule has 0 aliphatic rings. The first-order chi connectivity index (χ1) is 7.78. The van der Waals surface area contributed by atoms with Crippen LogP contribution in [0.4, 0.5) is 5.69 Å². The Morgan fingerprint density at radius 1 is 1.41 bits per heavy atom. The van der Waals surface area contributed by atoms with Gasteiger partial charge in [0.15, 0.2) is 0 Å². The van der Waals surface area contributed by atoms with E-state index in [1.807, 2.05) is 18.2 Å². The van der Waals surface area contributed by atoms with E-state index in [0.29, 0.717) is 5.46 Å². The van der Waals surface area contributed by atoms with Crippen molar-refractivity contribution in [1.82, 2.24) is 0 Å². The molecule has 0 unspecified atom stereocenters. The van der Waals surface area contributed by atoms with Gasteiger partial charge in [-0.1, -0.05) is 17.6 Å². The maximum Gasteiger partial charge on any atom is 0.302 e. The van der Waals surface area contributed by atoms with Gasteiger partial charge in [0.2, 0.25) is 0 Å². The molecule has 0 atom stereocenters. The quantitative estimate of drug-likeness (QED) is 0.636. The Morgan fingerprint density at radius 3 is 2.59 bits per heavy atom. The van der Waals surface area contributed by atoms with Crippen LogP contribution in [0.25, 0.3) is 0 Å². The van der Waals surface area contributed by atoms with Gasteiger partial charge in [0.05, 0.1) is 0 Å². The first kappa shape index (κ1) is 13.6. The summed E-state index contributed by atoms with van der Waals surface area (Å²) in [5.41, 5.74) is 2.41. The molecule has 90 valence electrons. The number of carbonyl (C=O) groups is 1. The van der Waals surface area contributed by atoms with E-state index < -0.39 is 0 Å². The second-order valence-electron chi connectivity index (χ2n) is 5.08. The molecule has 3 nitrogen and oxygen atoms in total. The van der Waals surface area contributed by atoms with Crippen molar-refractivity contribution in [3.63, 3.8) is 0 Å². The third-order valence-corrected chi connectivity index (χ3v) is 2.07. The van der Waals surface area contributed by atoms with Gasteiger partial charge < -0.3 is 10.1 Å². The summed E-state index contributed by atoms with van der Waals surface area (Å²) >= 11 is 0. The summed E-state index contributed by atoms with van der Waals surface area (Å²) in [5, 5.41) is 3.31. The van der Waals surface area contributed by atoms with E-state index in [4.69, 9.17) is 12.6 Å². The van der Waals surface area contributed by atoms with E-state index >= 15 is 0 Å². The van der Waals surface area contributed by atoms with Crippen molar-refractivity contribution in [2.45, 2.75) is 39.8 Å². The van der Waals surface area contributed by atoms with Crippen LogP contribution in [0.3, 0.4) is 0 Å². The minimum Gasteiger partial charge on any atom is -0.461 e. The van der Waals surface area contributed by atoms with E-state index in [9.17, 15) is 4.79 Å². The standard InChI is InChI=1S/C13H18BNO2/c1-9(16)17-8-10-5-6-11(14)12(7-10)15-13(2,3)4/h5-7,15H,8H2,1-4H3. The van der Waals surface area contributed by atoms with Crippen LogP contribution in [0.15, 0.2) is 18.2 Å². The fraction of sp³-hybridized carbons (Fsp3) is 0.462. The third-order valence-electron chi connectivity index (χ3n) is 2.07. The smallest absolute Gasteiger partial charge is 0.302 e. The van der Waals surface area contributed by atoms with Gasteiger partial charge in [0, 0.05) is 18.2 Å². The molecule has 1 aromatic carbocycles. The molecule has 0 amide bonds. The third kappa shape index (κ3) is 4.94. The van der Waals surface area contributed by atoms with Crippen molar-refractivity contribution >= 4 is 25.0 Å². The lowest BCUT2D eigenvalue weighted by molar-refractivity contribution is -0.142. The molecule has 2 radical (unpaired) electrons. The zero-order valence-corrected chi connectivity index (χ0v) is 10.8. The van der Waals surface area contributed by atoms with Gasteiger partial charge in [-0.05, 0) is 32.4 Å². The molecule has 1 N–H and O–H groups in total. The highest BCUT2D eigenvalue weighted by atomic mass is 16.5. The van der Waals surface area contributed by atoms with Crippen molar-refractivity contribution in [2.24, 2.45) is 0 Å². The van der Waals surface area contributed by atoms with E-state index in [1.165, 1.54) is 6.92 Å². The van der Waals surface area contributed by atoms with E-state index in [2.05, 4.69) is 26.1 Å². The maximum absolute atomic E-state index is 10.7. The highest BCUT2D eigenvalue weighted by Crippen LogP contribution is 2.14. The Kier molecular flexibility index (Phi) is 4.21. The first-order valence-corrected chi connectivity index (χ1v) is 5.58. The van der Waals surface area contributed by atoms with Crippen LogP contribution in [0.1, 0.15) is 33.3 Å². The summed E-state index contributed by atoms with van der Waals surface area (Å²) in [6, 6.07) is 5.57. The second kappa shape index (κ2) is 5.26. The molecule has 0 aliphatic heterocycles. The number of nitrogens with one attached hydrogen (secondary N) is 1. The number of benzene rings is 1. The number of anilines is 1. The van der Waals surface area contributed by atoms with Crippen LogP contribution in [0, 0.1) is 0 Å². The number of carbonyl (C=O) groups excluding carboxylic acids is 1. The molecule has 1 rings (SSSR count). The zero-order valence-electron chi connectivity index (χ0n) is 10.8. The van der Waals surface area contributed by atoms with Crippen LogP contribution in [-0.2, 0) is 16.1 Å². The number of rotatable bonds is 3. The van der Waals surface area contributed by atoms with Gasteiger partial charge in [0.25, 0.3) is 0 Å². The summed E-state index contributed by atoms with van der Waals surface area (Å²) in [5.74, 6) is -0.285. The minimum absolute atomic E-state index is 0.0613. The highest BCUT2D eigenvalue weighted by Gasteiger charge is 2.11. The molecule has 0 bridgehead atoms. The first-order valence-electron chi connectivity index (χ1n) is 5.58. The summed E-state index contributed by atoms with van der Waals surface area (Å²) in [4.78, 5) is 10.7. The Labute approximate surface area is 104 Å². The Morgan fingerprint density at radius 2 is 2.06 bits per heavy atom. The Bertz CT molecular complexity index is 410. The topological polar surface area (TPSA) is 38.3 Å². The van der Waals surface area contributed by atoms with Gasteiger partial charge in [-0.15, -0.1) is 0 Å². The molecule has 0 saturated carbocycles. The number of ether oxygens (including phenoxy) is 1. The Balaban J connectivity index is 2.83. The fourth-order valence-corrected chi connectivity index (χ4v) is 1.39. The van der Waals surface area contributed by atoms with Crippen molar-refractivity contribution in [1.29, 1.82) is 0 Å². The van der Waals surface area contributed by atoms with E-state index in [1.54, 1.807) is 0 Å². The van der Waals surface area contributed by atoms with Gasteiger partial charge in [0.1, 0.15) is 14.5 Å². The summed E-state index contributed by atoms with van der Waals surface area (Å²) in [6.45, 7) is 7.85. The molecule has 0 aliphatic carbocycles. The lowest BCUT2D eigenvalue weighted by Crippen LogP contribution is -2.29. The molecule has 17 heavy (non-hydrogen) atoms. The van der Waals surface area contributed by atoms with Gasteiger partial charge >= 0.3 is 5.97 Å². The van der Waals surface area contributed by atoms with Crippen molar-refractivity contribution in [3.05, 3.63) is 23.8 Å². The normalized spacial score (nSPS) is 11.1. The molecule has 0 saturated heterocycles. The fourth-order valence-electron chi connectivity index (χ4n) is 1.39. The maximum atomic E-state index is 10.7. The van der Waals surface area contributed by atoms with Crippen molar-refractivity contribution in [3.8, 4) is 0 Å². The van der Waals surface area contributed by atoms with Crippen LogP contribution in [0.5, 0.6) is 0 Å². The lowest BCUT2D eigenvalue weighted by Gasteiger charge is -2.24. The molecule has 0 spiro atoms. The van der Waals surface area contributed by atoms with Gasteiger partial charge in [-0.3, -0.25) is 4.79 Å². The van der Waals surface area contributed by atoms with Crippen molar-refractivity contribution in [2.75, 3.05) is 5.32 Å². The highest BCUT2D eigenvalue weighted by molar-refractivity contribution is 6.35. The average molecular weight is 231 g/mol. The summed E-state index contributed by atoms with van der Waals surface area (Å²) < 4.78 is 4.95. The SMILES string of the molecule is [B]c1ccc(COC(C)=O)cc1NC(C)(C)C. The largest absolute Gasteiger partial charge is 0.461 e. The molecule has 0 heterocycles. The van der Waals surface area contributed by atoms with Gasteiger partial charge in [-0.25, -0.2) is 0 Å². The minimum atomic E-state index is -0.285. The van der Waals surface area contributed by atoms with Crippen molar-refractivity contribution < 1.29 is 9.53 Å². The molecule has 0 fully saturated rings. The second-order valence-corrected chi connectivity index (χ2v) is 5.08. The van der Waals surface area contributed by atoms with E-state index in [-0.39, 0.29) is 18.1 Å². The zero-order chi connectivity index (χ0) is 13.1. The molecular weight excluding hydrogens is 213 g/mol. The Hall–Kier alpha value is -1.45. The summed E-state index contributed by atoms with van der Waals surface area (Å²) in [7, 11) is 5.88. The monoisotopic (exact) mass is 231 g/mol. The lowest BCUT2D eigenvalue weighted by atomic mass is 9.91. The molecule has 0 aromatic heterocycles. The molecule has 4 heteroatoms. The average Bonchev–Trinajstić information content (AvgIpc) is 2.17. The summed E-state index contributed by atoms with van der Waals surface area (Å²) in [6.07, 6.45) is 0. The van der Waals surface area contributed by atoms with Gasteiger partial charge in [-0.2, -0.15) is 0 Å².